The summed E-state index contributed by atoms with van der Waals surface area (Å²) in [5.41, 5.74) is 13.5. The molecule has 1 rings (SSSR count). The Kier molecular flexibility index (Phi) is 9.68. The zero-order valence-corrected chi connectivity index (χ0v) is 16.7. The van der Waals surface area contributed by atoms with Crippen LogP contribution in [-0.4, -0.2) is 68.9 Å². The lowest BCUT2D eigenvalue weighted by Crippen LogP contribution is -2.33. The van der Waals surface area contributed by atoms with E-state index in [2.05, 4.69) is 10.2 Å². The van der Waals surface area contributed by atoms with Crippen molar-refractivity contribution < 1.29 is 0 Å². The van der Waals surface area contributed by atoms with Crippen molar-refractivity contribution in [1.82, 2.24) is 20.0 Å². The molecule has 0 spiro atoms. The monoisotopic (exact) mass is 392 g/mol. The van der Waals surface area contributed by atoms with Crippen molar-refractivity contribution in [3.63, 3.8) is 0 Å². The number of thiocarbonyl (C=S) groups is 2. The summed E-state index contributed by atoms with van der Waals surface area (Å²) in [5, 5.41) is 8.16. The van der Waals surface area contributed by atoms with Crippen LogP contribution in [0.15, 0.2) is 6.20 Å². The van der Waals surface area contributed by atoms with Gasteiger partial charge < -0.3 is 21.3 Å². The summed E-state index contributed by atoms with van der Waals surface area (Å²) in [6, 6.07) is 0. The van der Waals surface area contributed by atoms with E-state index in [-0.39, 0.29) is 0 Å². The van der Waals surface area contributed by atoms with Crippen molar-refractivity contribution in [2.45, 2.75) is 11.5 Å². The van der Waals surface area contributed by atoms with Crippen molar-refractivity contribution in [2.24, 2.45) is 11.5 Å². The number of aromatic nitrogens is 2. The van der Waals surface area contributed by atoms with Gasteiger partial charge >= 0.3 is 0 Å². The van der Waals surface area contributed by atoms with E-state index in [1.807, 2.05) is 53.6 Å². The highest BCUT2D eigenvalue weighted by Gasteiger charge is 2.07. The first kappa shape index (κ1) is 20.3. The molecule has 1 heterocycles. The molecule has 0 bridgehead atoms. The fourth-order valence-corrected chi connectivity index (χ4v) is 3.76. The van der Waals surface area contributed by atoms with Crippen molar-refractivity contribution in [2.75, 3.05) is 38.7 Å². The maximum Gasteiger partial charge on any atom is 0.166 e. The lowest BCUT2D eigenvalue weighted by atomic mass is 10.3. The van der Waals surface area contributed by atoms with E-state index in [0.717, 1.165) is 41.8 Å². The SMILES string of the molecule is CN(CCSCc1c[nH]nc1CSCCN(C)C(N)=S)C(N)=S. The molecular formula is C13H24N6S4. The van der Waals surface area contributed by atoms with E-state index >= 15 is 0 Å². The highest BCUT2D eigenvalue weighted by atomic mass is 32.2. The van der Waals surface area contributed by atoms with E-state index in [9.17, 15) is 0 Å². The lowest BCUT2D eigenvalue weighted by molar-refractivity contribution is 0.544. The van der Waals surface area contributed by atoms with E-state index in [1.54, 1.807) is 0 Å². The third kappa shape index (κ3) is 8.09. The van der Waals surface area contributed by atoms with Crippen LogP contribution in [0.2, 0.25) is 0 Å². The third-order valence-electron chi connectivity index (χ3n) is 3.20. The maximum absolute atomic E-state index is 5.56. The molecule has 0 aliphatic carbocycles. The lowest BCUT2D eigenvalue weighted by Gasteiger charge is -2.16. The number of nitrogens with two attached hydrogens (primary N) is 2. The van der Waals surface area contributed by atoms with E-state index in [0.29, 0.717) is 10.2 Å². The van der Waals surface area contributed by atoms with Crippen LogP contribution in [-0.2, 0) is 11.5 Å². The van der Waals surface area contributed by atoms with E-state index in [1.165, 1.54) is 5.56 Å². The van der Waals surface area contributed by atoms with Crippen LogP contribution in [0.1, 0.15) is 11.3 Å². The van der Waals surface area contributed by atoms with Crippen LogP contribution in [0.25, 0.3) is 0 Å². The number of nitrogens with one attached hydrogen (secondary N) is 1. The van der Waals surface area contributed by atoms with Gasteiger partial charge in [-0.05, 0) is 24.4 Å². The zero-order valence-electron chi connectivity index (χ0n) is 13.4. The molecule has 0 radical (unpaired) electrons. The van der Waals surface area contributed by atoms with Gasteiger partial charge in [0.05, 0.1) is 5.69 Å². The molecule has 1 aromatic rings. The Balaban J connectivity index is 2.25. The third-order valence-corrected chi connectivity index (χ3v) is 5.76. The van der Waals surface area contributed by atoms with Crippen LogP contribution in [0.3, 0.4) is 0 Å². The van der Waals surface area contributed by atoms with Crippen LogP contribution < -0.4 is 11.5 Å². The quantitative estimate of drug-likeness (QED) is 0.402. The van der Waals surface area contributed by atoms with Gasteiger partial charge in [-0.3, -0.25) is 5.10 Å². The summed E-state index contributed by atoms with van der Waals surface area (Å²) in [5.74, 6) is 3.76. The average molecular weight is 393 g/mol. The number of hydrogen-bond donors (Lipinski definition) is 3. The molecule has 6 nitrogen and oxygen atoms in total. The molecule has 0 aromatic carbocycles. The average Bonchev–Trinajstić information content (AvgIpc) is 2.94. The molecule has 0 unspecified atom stereocenters. The molecule has 0 atom stereocenters. The molecule has 0 saturated heterocycles. The van der Waals surface area contributed by atoms with E-state index in [4.69, 9.17) is 35.9 Å². The van der Waals surface area contributed by atoms with Gasteiger partial charge in [0.25, 0.3) is 0 Å². The summed E-state index contributed by atoms with van der Waals surface area (Å²) in [6.07, 6.45) is 1.97. The van der Waals surface area contributed by atoms with Gasteiger partial charge in [0, 0.05) is 62.0 Å². The predicted octanol–water partition coefficient (Wildman–Crippen LogP) is 1.23. The highest BCUT2D eigenvalue weighted by Crippen LogP contribution is 2.19. The standard InChI is InChI=1S/C13H24N6S4/c1-18(12(14)20)3-5-22-8-10-7-16-17-11(10)9-23-6-4-19(2)13(15)21/h7H,3-6,8-9H2,1-2H3,(H2,14,20)(H2,15,21)(H,16,17). The van der Waals surface area contributed by atoms with Gasteiger partial charge in [-0.1, -0.05) is 0 Å². The largest absolute Gasteiger partial charge is 0.376 e. The number of rotatable bonds is 10. The molecule has 0 amide bonds. The Labute approximate surface area is 157 Å². The van der Waals surface area contributed by atoms with Gasteiger partial charge in [0.2, 0.25) is 0 Å². The number of aromatic amines is 1. The van der Waals surface area contributed by atoms with Crippen molar-refractivity contribution >= 4 is 58.2 Å². The van der Waals surface area contributed by atoms with Gasteiger partial charge in [-0.15, -0.1) is 0 Å². The second-order valence-electron chi connectivity index (χ2n) is 4.98. The minimum absolute atomic E-state index is 0.435. The Morgan fingerprint density at radius 1 is 1.09 bits per heavy atom. The van der Waals surface area contributed by atoms with Crippen LogP contribution >= 0.6 is 48.0 Å². The number of hydrogen-bond acceptors (Lipinski definition) is 5. The number of H-pyrrole nitrogens is 1. The fraction of sp³-hybridized carbons (Fsp3) is 0.615. The smallest absolute Gasteiger partial charge is 0.166 e. The molecule has 5 N–H and O–H groups in total. The Bertz CT molecular complexity index is 464. The second-order valence-corrected chi connectivity index (χ2v) is 8.03. The van der Waals surface area contributed by atoms with Crippen LogP contribution in [0, 0.1) is 0 Å². The second kappa shape index (κ2) is 11.0. The summed E-state index contributed by atoms with van der Waals surface area (Å²) in [7, 11) is 3.82. The van der Waals surface area contributed by atoms with Crippen LogP contribution in [0.4, 0.5) is 0 Å². The minimum Gasteiger partial charge on any atom is -0.376 e. The van der Waals surface area contributed by atoms with E-state index < -0.39 is 0 Å². The van der Waals surface area contributed by atoms with Crippen LogP contribution in [0.5, 0.6) is 0 Å². The van der Waals surface area contributed by atoms with Crippen molar-refractivity contribution in [3.8, 4) is 0 Å². The molecule has 23 heavy (non-hydrogen) atoms. The summed E-state index contributed by atoms with van der Waals surface area (Å²) < 4.78 is 0. The van der Waals surface area contributed by atoms with Gasteiger partial charge in [-0.25, -0.2) is 0 Å². The highest BCUT2D eigenvalue weighted by molar-refractivity contribution is 7.98. The number of nitrogens with zero attached hydrogens (tertiary/aromatic N) is 3. The maximum atomic E-state index is 5.56. The first-order valence-corrected chi connectivity index (χ1v) is 10.2. The normalized spacial score (nSPS) is 10.5. The Hall–Kier alpha value is -0.710. The molecule has 0 aliphatic heterocycles. The first-order valence-electron chi connectivity index (χ1n) is 7.10. The molecule has 1 aromatic heterocycles. The summed E-state index contributed by atoms with van der Waals surface area (Å²) in [4.78, 5) is 3.76. The van der Waals surface area contributed by atoms with Crippen molar-refractivity contribution in [3.05, 3.63) is 17.5 Å². The summed E-state index contributed by atoms with van der Waals surface area (Å²) >= 11 is 13.5. The molecule has 0 aliphatic rings. The molecular weight excluding hydrogens is 368 g/mol. The summed E-state index contributed by atoms with van der Waals surface area (Å²) in [6.45, 7) is 1.70. The zero-order chi connectivity index (χ0) is 17.2. The first-order chi connectivity index (χ1) is 10.9. The molecule has 0 fully saturated rings. The fourth-order valence-electron chi connectivity index (χ4n) is 1.57. The Morgan fingerprint density at radius 3 is 2.13 bits per heavy atom. The van der Waals surface area contributed by atoms with Gasteiger partial charge in [0.15, 0.2) is 10.2 Å². The Morgan fingerprint density at radius 2 is 1.61 bits per heavy atom. The molecule has 130 valence electrons. The van der Waals surface area contributed by atoms with Gasteiger partial charge in [-0.2, -0.15) is 28.6 Å². The minimum atomic E-state index is 0.435. The number of thioether (sulfide) groups is 2. The molecule has 10 heteroatoms. The van der Waals surface area contributed by atoms with Gasteiger partial charge in [0.1, 0.15) is 0 Å². The topological polar surface area (TPSA) is 87.2 Å². The van der Waals surface area contributed by atoms with Crippen molar-refractivity contribution in [1.29, 1.82) is 0 Å². The predicted molar refractivity (Wildman–Crippen MR) is 110 cm³/mol. The molecule has 0 saturated carbocycles.